The summed E-state index contributed by atoms with van der Waals surface area (Å²) in [6.45, 7) is 9.93. The number of rotatable bonds is 4. The molecule has 2 atom stereocenters. The molecule has 1 aliphatic carbocycles. The van der Waals surface area contributed by atoms with E-state index in [4.69, 9.17) is 5.73 Å². The summed E-state index contributed by atoms with van der Waals surface area (Å²) in [5.74, 6) is 0.996. The second-order valence-electron chi connectivity index (χ2n) is 6.87. The van der Waals surface area contributed by atoms with Gasteiger partial charge < -0.3 is 10.3 Å². The molecule has 0 aliphatic heterocycles. The van der Waals surface area contributed by atoms with Crippen LogP contribution in [0.15, 0.2) is 12.5 Å². The van der Waals surface area contributed by atoms with Crippen molar-refractivity contribution in [1.82, 2.24) is 9.55 Å². The van der Waals surface area contributed by atoms with Crippen molar-refractivity contribution in [2.24, 2.45) is 17.1 Å². The Bertz CT molecular complexity index is 392. The second kappa shape index (κ2) is 5.04. The third-order valence-corrected chi connectivity index (χ3v) is 4.47. The molecule has 1 heterocycles. The van der Waals surface area contributed by atoms with Crippen molar-refractivity contribution in [2.45, 2.75) is 58.9 Å². The molecule has 3 heteroatoms. The van der Waals surface area contributed by atoms with E-state index in [0.717, 1.165) is 0 Å². The first-order valence-corrected chi connectivity index (χ1v) is 7.16. The maximum atomic E-state index is 5.94. The van der Waals surface area contributed by atoms with Crippen LogP contribution in [0.4, 0.5) is 0 Å². The Kier molecular flexibility index (Phi) is 3.81. The Morgan fingerprint density at radius 1 is 1.50 bits per heavy atom. The summed E-state index contributed by atoms with van der Waals surface area (Å²) in [6.07, 6.45) is 7.86. The van der Waals surface area contributed by atoms with Crippen LogP contribution in [0.2, 0.25) is 0 Å². The molecule has 1 aromatic rings. The highest BCUT2D eigenvalue weighted by atomic mass is 15.1. The Morgan fingerprint density at radius 3 is 2.72 bits per heavy atom. The smallest absolute Gasteiger partial charge is 0.0950 e. The van der Waals surface area contributed by atoms with Crippen molar-refractivity contribution < 1.29 is 0 Å². The molecular formula is C15H27N3. The lowest BCUT2D eigenvalue weighted by Crippen LogP contribution is -2.22. The molecule has 0 bridgehead atoms. The first kappa shape index (κ1) is 13.6. The van der Waals surface area contributed by atoms with Crippen molar-refractivity contribution in [2.75, 3.05) is 6.54 Å². The topological polar surface area (TPSA) is 43.8 Å². The van der Waals surface area contributed by atoms with Crippen molar-refractivity contribution in [3.8, 4) is 0 Å². The van der Waals surface area contributed by atoms with E-state index in [-0.39, 0.29) is 0 Å². The van der Waals surface area contributed by atoms with E-state index in [9.17, 15) is 0 Å². The van der Waals surface area contributed by atoms with E-state index in [0.29, 0.717) is 29.8 Å². The maximum absolute atomic E-state index is 5.94. The zero-order valence-corrected chi connectivity index (χ0v) is 12.2. The normalized spacial score (nSPS) is 24.7. The van der Waals surface area contributed by atoms with Gasteiger partial charge in [-0.1, -0.05) is 27.7 Å². The average molecular weight is 249 g/mol. The summed E-state index contributed by atoms with van der Waals surface area (Å²) in [6, 6.07) is 0.616. The summed E-state index contributed by atoms with van der Waals surface area (Å²) in [7, 11) is 0. The fourth-order valence-electron chi connectivity index (χ4n) is 3.28. The van der Waals surface area contributed by atoms with Crippen LogP contribution in [-0.4, -0.2) is 16.1 Å². The van der Waals surface area contributed by atoms with Crippen LogP contribution in [0.1, 0.15) is 64.6 Å². The number of imidazole rings is 1. The Morgan fingerprint density at radius 2 is 2.22 bits per heavy atom. The summed E-state index contributed by atoms with van der Waals surface area (Å²) in [5, 5.41) is 0. The molecule has 2 unspecified atom stereocenters. The van der Waals surface area contributed by atoms with Gasteiger partial charge in [-0.15, -0.1) is 0 Å². The van der Waals surface area contributed by atoms with Gasteiger partial charge in [0.1, 0.15) is 0 Å². The number of nitrogens with zero attached hydrogens (tertiary/aromatic N) is 2. The zero-order chi connectivity index (χ0) is 13.3. The highest BCUT2D eigenvalue weighted by Gasteiger charge is 2.33. The number of hydrogen-bond acceptors (Lipinski definition) is 2. The van der Waals surface area contributed by atoms with Crippen LogP contribution in [0.3, 0.4) is 0 Å². The van der Waals surface area contributed by atoms with Crippen LogP contribution in [0.25, 0.3) is 0 Å². The largest absolute Gasteiger partial charge is 0.331 e. The predicted octanol–water partition coefficient (Wildman–Crippen LogP) is 3.33. The van der Waals surface area contributed by atoms with Crippen molar-refractivity contribution in [1.29, 1.82) is 0 Å². The first-order chi connectivity index (χ1) is 8.44. The van der Waals surface area contributed by atoms with E-state index in [1.54, 1.807) is 0 Å². The summed E-state index contributed by atoms with van der Waals surface area (Å²) >= 11 is 0. The SMILES string of the molecule is CC(C)C(CN)c1cncn1C1CCC(C)(C)C1. The van der Waals surface area contributed by atoms with Crippen molar-refractivity contribution in [3.05, 3.63) is 18.2 Å². The fourth-order valence-corrected chi connectivity index (χ4v) is 3.28. The van der Waals surface area contributed by atoms with E-state index in [2.05, 4.69) is 37.2 Å². The van der Waals surface area contributed by atoms with Gasteiger partial charge >= 0.3 is 0 Å². The standard InChI is InChI=1S/C15H27N3/c1-11(2)13(8-16)14-9-17-10-18(14)12-5-6-15(3,4)7-12/h9-13H,5-8,16H2,1-4H3. The second-order valence-corrected chi connectivity index (χ2v) is 6.87. The number of nitrogens with two attached hydrogens (primary N) is 1. The van der Waals surface area contributed by atoms with Crippen LogP contribution in [0.5, 0.6) is 0 Å². The lowest BCUT2D eigenvalue weighted by molar-refractivity contribution is 0.351. The molecule has 0 aromatic carbocycles. The molecule has 3 nitrogen and oxygen atoms in total. The van der Waals surface area contributed by atoms with Crippen LogP contribution >= 0.6 is 0 Å². The molecule has 1 fully saturated rings. The third-order valence-electron chi connectivity index (χ3n) is 4.47. The van der Waals surface area contributed by atoms with Gasteiger partial charge in [0, 0.05) is 30.4 Å². The molecule has 0 saturated heterocycles. The summed E-state index contributed by atoms with van der Waals surface area (Å²) in [4.78, 5) is 4.37. The molecule has 102 valence electrons. The first-order valence-electron chi connectivity index (χ1n) is 7.16. The van der Waals surface area contributed by atoms with E-state index in [1.807, 2.05) is 12.5 Å². The predicted molar refractivity (Wildman–Crippen MR) is 75.5 cm³/mol. The molecule has 1 saturated carbocycles. The Hall–Kier alpha value is -0.830. The summed E-state index contributed by atoms with van der Waals surface area (Å²) < 4.78 is 2.40. The summed E-state index contributed by atoms with van der Waals surface area (Å²) in [5.41, 5.74) is 7.75. The highest BCUT2D eigenvalue weighted by Crippen LogP contribution is 2.44. The van der Waals surface area contributed by atoms with Crippen molar-refractivity contribution in [3.63, 3.8) is 0 Å². The molecule has 1 aliphatic rings. The zero-order valence-electron chi connectivity index (χ0n) is 12.2. The minimum absolute atomic E-state index is 0.427. The average Bonchev–Trinajstić information content (AvgIpc) is 2.85. The molecule has 1 aromatic heterocycles. The van der Waals surface area contributed by atoms with Crippen LogP contribution in [0, 0.1) is 11.3 Å². The maximum Gasteiger partial charge on any atom is 0.0950 e. The van der Waals surface area contributed by atoms with Gasteiger partial charge in [0.25, 0.3) is 0 Å². The lowest BCUT2D eigenvalue weighted by atomic mass is 9.91. The van der Waals surface area contributed by atoms with Gasteiger partial charge in [-0.3, -0.25) is 0 Å². The molecule has 0 amide bonds. The molecule has 0 radical (unpaired) electrons. The van der Waals surface area contributed by atoms with Crippen LogP contribution < -0.4 is 5.73 Å². The molecule has 0 spiro atoms. The monoisotopic (exact) mass is 249 g/mol. The Balaban J connectivity index is 2.23. The fraction of sp³-hybridized carbons (Fsp3) is 0.800. The highest BCUT2D eigenvalue weighted by molar-refractivity contribution is 5.10. The van der Waals surface area contributed by atoms with Gasteiger partial charge in [0.05, 0.1) is 6.33 Å². The van der Waals surface area contributed by atoms with E-state index < -0.39 is 0 Å². The molecule has 2 N–H and O–H groups in total. The molecule has 18 heavy (non-hydrogen) atoms. The number of aromatic nitrogens is 2. The van der Waals surface area contributed by atoms with Crippen LogP contribution in [-0.2, 0) is 0 Å². The van der Waals surface area contributed by atoms with E-state index >= 15 is 0 Å². The van der Waals surface area contributed by atoms with Gasteiger partial charge in [0.15, 0.2) is 0 Å². The van der Waals surface area contributed by atoms with Gasteiger partial charge in [0.2, 0.25) is 0 Å². The van der Waals surface area contributed by atoms with E-state index in [1.165, 1.54) is 25.0 Å². The quantitative estimate of drug-likeness (QED) is 0.889. The van der Waals surface area contributed by atoms with Crippen molar-refractivity contribution >= 4 is 0 Å². The van der Waals surface area contributed by atoms with Gasteiger partial charge in [-0.05, 0) is 30.6 Å². The third kappa shape index (κ3) is 2.61. The lowest BCUT2D eigenvalue weighted by Gasteiger charge is -2.24. The minimum Gasteiger partial charge on any atom is -0.331 e. The minimum atomic E-state index is 0.427. The van der Waals surface area contributed by atoms with Gasteiger partial charge in [-0.2, -0.15) is 0 Å². The number of hydrogen-bond donors (Lipinski definition) is 1. The van der Waals surface area contributed by atoms with Gasteiger partial charge in [-0.25, -0.2) is 4.98 Å². The Labute approximate surface area is 111 Å². The molecular weight excluding hydrogens is 222 g/mol. The molecule has 2 rings (SSSR count).